The molecule has 1 aromatic heterocycles. The molecule has 5 heteroatoms. The van der Waals surface area contributed by atoms with Gasteiger partial charge in [-0.15, -0.1) is 0 Å². The van der Waals surface area contributed by atoms with Crippen molar-refractivity contribution in [1.82, 2.24) is 5.27 Å². The Hall–Kier alpha value is -1.88. The van der Waals surface area contributed by atoms with Crippen molar-refractivity contribution in [2.75, 3.05) is 0 Å². The van der Waals surface area contributed by atoms with Gasteiger partial charge < -0.3 is 14.4 Å². The molecule has 0 saturated heterocycles. The van der Waals surface area contributed by atoms with Crippen molar-refractivity contribution in [2.45, 2.75) is 25.7 Å². The van der Waals surface area contributed by atoms with Gasteiger partial charge in [-0.3, -0.25) is 0 Å². The van der Waals surface area contributed by atoms with E-state index >= 15 is 0 Å². The number of hydrogen-bond acceptors (Lipinski definition) is 4. The predicted molar refractivity (Wildman–Crippen MR) is 54.9 cm³/mol. The van der Waals surface area contributed by atoms with E-state index in [9.17, 15) is 5.11 Å². The highest BCUT2D eigenvalue weighted by Crippen LogP contribution is 2.18. The molecule has 88 valence electrons. The first-order valence-corrected chi connectivity index (χ1v) is 5.54. The summed E-state index contributed by atoms with van der Waals surface area (Å²) < 4.78 is 11.9. The van der Waals surface area contributed by atoms with Crippen molar-refractivity contribution in [3.63, 3.8) is 0 Å². The van der Waals surface area contributed by atoms with Crippen molar-refractivity contribution in [2.24, 2.45) is 0 Å². The van der Waals surface area contributed by atoms with Gasteiger partial charge in [0.05, 0.1) is 18.3 Å². The number of benzene rings is 1. The lowest BCUT2D eigenvalue weighted by atomic mass is 10.2. The minimum absolute atomic E-state index is 0.0156. The molecule has 1 aliphatic heterocycles. The van der Waals surface area contributed by atoms with Crippen molar-refractivity contribution >= 4 is 0 Å². The van der Waals surface area contributed by atoms with Crippen molar-refractivity contribution in [1.29, 1.82) is 0 Å². The van der Waals surface area contributed by atoms with Crippen LogP contribution in [0, 0.1) is 0 Å². The van der Waals surface area contributed by atoms with Gasteiger partial charge in [0.15, 0.2) is 5.95 Å². The van der Waals surface area contributed by atoms with Crippen molar-refractivity contribution in [3.8, 4) is 5.95 Å². The van der Waals surface area contributed by atoms with Crippen LogP contribution in [-0.4, -0.2) is 11.4 Å². The zero-order chi connectivity index (χ0) is 11.7. The SMILES string of the molecule is [O-]c1on[n+]2c1CC(OCc1ccccc1)C2. The predicted octanol–water partition coefficient (Wildman–Crippen LogP) is 0.177. The minimum Gasteiger partial charge on any atom is -0.539 e. The molecular formula is C12H12N2O3. The highest BCUT2D eigenvalue weighted by Gasteiger charge is 2.33. The quantitative estimate of drug-likeness (QED) is 0.708. The van der Waals surface area contributed by atoms with E-state index in [0.717, 1.165) is 5.56 Å². The number of rotatable bonds is 3. The smallest absolute Gasteiger partial charge is 0.236 e. The second-order valence-corrected chi connectivity index (χ2v) is 4.11. The number of fused-ring (bicyclic) bond motifs is 1. The van der Waals surface area contributed by atoms with E-state index in [0.29, 0.717) is 25.3 Å². The Morgan fingerprint density at radius 1 is 1.41 bits per heavy atom. The topological polar surface area (TPSA) is 62.2 Å². The van der Waals surface area contributed by atoms with Crippen LogP contribution in [0.15, 0.2) is 34.9 Å². The summed E-state index contributed by atoms with van der Waals surface area (Å²) in [6.45, 7) is 1.15. The van der Waals surface area contributed by atoms with Crippen LogP contribution in [-0.2, 0) is 24.3 Å². The Bertz CT molecular complexity index is 510. The molecule has 2 aromatic rings. The molecule has 0 aliphatic carbocycles. The summed E-state index contributed by atoms with van der Waals surface area (Å²) in [5, 5.41) is 14.9. The molecule has 2 heterocycles. The zero-order valence-corrected chi connectivity index (χ0v) is 9.20. The second kappa shape index (κ2) is 4.18. The molecule has 1 aromatic carbocycles. The highest BCUT2D eigenvalue weighted by molar-refractivity contribution is 5.13. The van der Waals surface area contributed by atoms with E-state index in [1.165, 1.54) is 0 Å². The first-order valence-electron chi connectivity index (χ1n) is 5.54. The molecule has 1 unspecified atom stereocenters. The normalized spacial score (nSPS) is 18.2. The summed E-state index contributed by atoms with van der Waals surface area (Å²) in [7, 11) is 0. The van der Waals surface area contributed by atoms with Crippen LogP contribution in [0.4, 0.5) is 0 Å². The summed E-state index contributed by atoms with van der Waals surface area (Å²) >= 11 is 0. The maximum atomic E-state index is 11.2. The zero-order valence-electron chi connectivity index (χ0n) is 9.20. The third kappa shape index (κ3) is 2.01. The van der Waals surface area contributed by atoms with Crippen LogP contribution >= 0.6 is 0 Å². The van der Waals surface area contributed by atoms with Crippen molar-refractivity contribution in [3.05, 3.63) is 41.6 Å². The average molecular weight is 232 g/mol. The Kier molecular flexibility index (Phi) is 2.53. The van der Waals surface area contributed by atoms with Crippen LogP contribution in [0.2, 0.25) is 0 Å². The fourth-order valence-electron chi connectivity index (χ4n) is 2.00. The van der Waals surface area contributed by atoms with Gasteiger partial charge in [0.1, 0.15) is 6.10 Å². The van der Waals surface area contributed by atoms with Gasteiger partial charge in [-0.25, -0.2) is 0 Å². The van der Waals surface area contributed by atoms with Gasteiger partial charge >= 0.3 is 0 Å². The van der Waals surface area contributed by atoms with Gasteiger partial charge in [-0.2, -0.15) is 0 Å². The Labute approximate surface area is 98.2 Å². The molecule has 0 fully saturated rings. The molecule has 3 rings (SSSR count). The Morgan fingerprint density at radius 2 is 2.24 bits per heavy atom. The largest absolute Gasteiger partial charge is 0.539 e. The highest BCUT2D eigenvalue weighted by atomic mass is 16.6. The first-order chi connectivity index (χ1) is 8.33. The second-order valence-electron chi connectivity index (χ2n) is 4.11. The van der Waals surface area contributed by atoms with E-state index < -0.39 is 0 Å². The van der Waals surface area contributed by atoms with Crippen LogP contribution in [0.25, 0.3) is 0 Å². The van der Waals surface area contributed by atoms with E-state index in [1.807, 2.05) is 30.3 Å². The molecule has 0 spiro atoms. The fraction of sp³-hybridized carbons (Fsp3) is 0.333. The standard InChI is InChI=1S/C12H12N2O3/c15-12-11-6-10(7-14(11)13-17-12)16-8-9-4-2-1-3-5-9/h1-5,10H,6-8H2. The summed E-state index contributed by atoms with van der Waals surface area (Å²) in [4.78, 5) is 0. The van der Waals surface area contributed by atoms with E-state index in [-0.39, 0.29) is 12.1 Å². The van der Waals surface area contributed by atoms with Gasteiger partial charge in [0, 0.05) is 0 Å². The van der Waals surface area contributed by atoms with Crippen LogP contribution in [0.5, 0.6) is 5.95 Å². The van der Waals surface area contributed by atoms with Gasteiger partial charge in [0.2, 0.25) is 12.2 Å². The summed E-state index contributed by atoms with van der Waals surface area (Å²) in [5.74, 6) is -0.351. The lowest BCUT2D eigenvalue weighted by molar-refractivity contribution is -0.760. The van der Waals surface area contributed by atoms with Crippen LogP contribution < -0.4 is 9.79 Å². The summed E-state index contributed by atoms with van der Waals surface area (Å²) in [6.07, 6.45) is 0.594. The maximum absolute atomic E-state index is 11.2. The maximum Gasteiger partial charge on any atom is 0.236 e. The van der Waals surface area contributed by atoms with Gasteiger partial charge in [-0.1, -0.05) is 35.0 Å². The van der Waals surface area contributed by atoms with Crippen LogP contribution in [0.1, 0.15) is 11.3 Å². The minimum atomic E-state index is -0.351. The number of hydrogen-bond donors (Lipinski definition) is 0. The number of nitrogens with zero attached hydrogens (tertiary/aromatic N) is 2. The molecule has 0 amide bonds. The van der Waals surface area contributed by atoms with Gasteiger partial charge in [0.25, 0.3) is 0 Å². The number of ether oxygens (including phenoxy) is 1. The average Bonchev–Trinajstić information content (AvgIpc) is 2.91. The van der Waals surface area contributed by atoms with E-state index in [4.69, 9.17) is 4.74 Å². The monoisotopic (exact) mass is 232 g/mol. The first kappa shape index (κ1) is 10.3. The molecule has 1 atom stereocenters. The molecule has 0 saturated carbocycles. The molecular weight excluding hydrogens is 220 g/mol. The third-order valence-corrected chi connectivity index (χ3v) is 2.90. The summed E-state index contributed by atoms with van der Waals surface area (Å²) in [5.41, 5.74) is 1.73. The molecule has 0 bridgehead atoms. The van der Waals surface area contributed by atoms with E-state index in [2.05, 4.69) is 9.79 Å². The molecule has 1 aliphatic rings. The van der Waals surface area contributed by atoms with Crippen molar-refractivity contribution < 1.29 is 19.0 Å². The lowest BCUT2D eigenvalue weighted by Gasteiger charge is -2.07. The summed E-state index contributed by atoms with van der Waals surface area (Å²) in [6, 6.07) is 9.96. The van der Waals surface area contributed by atoms with Crippen LogP contribution in [0.3, 0.4) is 0 Å². The Morgan fingerprint density at radius 3 is 3.00 bits per heavy atom. The van der Waals surface area contributed by atoms with Gasteiger partial charge in [-0.05, 0) is 5.56 Å². The van der Waals surface area contributed by atoms with E-state index in [1.54, 1.807) is 4.68 Å². The fourth-order valence-corrected chi connectivity index (χ4v) is 2.00. The molecule has 0 radical (unpaired) electrons. The molecule has 17 heavy (non-hydrogen) atoms. The molecule has 0 N–H and O–H groups in total. The Balaban J connectivity index is 1.59. The number of aromatic nitrogens is 2. The molecule has 5 nitrogen and oxygen atoms in total. The lowest BCUT2D eigenvalue weighted by Crippen LogP contribution is -2.37. The third-order valence-electron chi connectivity index (χ3n) is 2.90.